The molecule has 344 valence electrons. The molecule has 8 rings (SSSR count). The number of likely N-dealkylation sites (tertiary alicyclic amines) is 2. The molecule has 0 atom stereocenters. The van der Waals surface area contributed by atoms with Gasteiger partial charge in [-0.05, 0) is 114 Å². The zero-order valence-electron chi connectivity index (χ0n) is 36.7. The maximum atomic E-state index is 12.2. The molecule has 0 spiro atoms. The lowest BCUT2D eigenvalue weighted by Gasteiger charge is -2.19. The molecule has 2 aromatic carbocycles. The smallest absolute Gasteiger partial charge is 0.271 e. The van der Waals surface area contributed by atoms with Crippen molar-refractivity contribution in [3.63, 3.8) is 0 Å². The molecule has 2 fully saturated rings. The molecule has 2 aliphatic rings. The molecule has 4 aromatic heterocycles. The highest BCUT2D eigenvalue weighted by molar-refractivity contribution is 9.10. The molecule has 2 aliphatic heterocycles. The first-order valence-corrected chi connectivity index (χ1v) is 21.6. The van der Waals surface area contributed by atoms with Crippen LogP contribution in [0.2, 0.25) is 0 Å². The normalized spacial score (nSPS) is 12.7. The van der Waals surface area contributed by atoms with Crippen LogP contribution in [0.3, 0.4) is 0 Å². The quantitative estimate of drug-likeness (QED) is 0.0879. The monoisotopic (exact) mass is 958 g/mol. The number of nitrogens with one attached hydrogen (secondary N) is 1. The number of aromatic nitrogens is 4. The Bertz CT molecular complexity index is 2550. The van der Waals surface area contributed by atoms with Crippen LogP contribution < -0.4 is 20.5 Å². The number of pyridine rings is 4. The van der Waals surface area contributed by atoms with Gasteiger partial charge in [-0.3, -0.25) is 19.2 Å². The summed E-state index contributed by atoms with van der Waals surface area (Å²) in [4.78, 5) is 71.2. The van der Waals surface area contributed by atoms with Gasteiger partial charge in [-0.15, -0.1) is 0 Å². The van der Waals surface area contributed by atoms with E-state index in [2.05, 4.69) is 41.2 Å². The van der Waals surface area contributed by atoms with Crippen LogP contribution in [0, 0.1) is 0 Å². The third-order valence-corrected chi connectivity index (χ3v) is 10.4. The molecule has 0 radical (unpaired) electrons. The number of halogens is 1. The van der Waals surface area contributed by atoms with Crippen molar-refractivity contribution in [2.75, 3.05) is 52.3 Å². The number of benzene rings is 2. The Morgan fingerprint density at radius 1 is 0.667 bits per heavy atom. The van der Waals surface area contributed by atoms with Crippen molar-refractivity contribution in [3.05, 3.63) is 149 Å². The summed E-state index contributed by atoms with van der Waals surface area (Å²) in [6.45, 7) is 2.40. The van der Waals surface area contributed by atoms with Gasteiger partial charge in [0.25, 0.3) is 11.8 Å². The van der Waals surface area contributed by atoms with Crippen LogP contribution >= 0.6 is 15.9 Å². The van der Waals surface area contributed by atoms with E-state index in [4.69, 9.17) is 15.2 Å². The van der Waals surface area contributed by atoms with E-state index in [1.54, 1.807) is 81.9 Å². The minimum absolute atomic E-state index is 0. The van der Waals surface area contributed by atoms with Gasteiger partial charge in [0.05, 0.1) is 12.4 Å². The molecule has 6 heterocycles. The van der Waals surface area contributed by atoms with E-state index in [9.17, 15) is 19.2 Å². The Labute approximate surface area is 393 Å². The number of nitrogen functional groups attached to an aromatic ring is 1. The summed E-state index contributed by atoms with van der Waals surface area (Å²) < 4.78 is 12.9. The van der Waals surface area contributed by atoms with Gasteiger partial charge in [0, 0.05) is 102 Å². The van der Waals surface area contributed by atoms with Crippen LogP contribution in [0.4, 0.5) is 17.2 Å². The number of carbonyl (C=O) groups excluding carboxylic acids is 4. The number of anilines is 3. The number of amides is 4. The van der Waals surface area contributed by atoms with Crippen molar-refractivity contribution >= 4 is 56.8 Å². The molecule has 0 unspecified atom stereocenters. The summed E-state index contributed by atoms with van der Waals surface area (Å²) in [5.74, 6) is 2.96. The molecular formula is C49H55BrN10O6. The fourth-order valence-corrected chi connectivity index (χ4v) is 6.90. The lowest BCUT2D eigenvalue weighted by Crippen LogP contribution is -2.24. The number of rotatable bonds is 12. The molecule has 6 aromatic rings. The Hall–Kier alpha value is -7.40. The summed E-state index contributed by atoms with van der Waals surface area (Å²) >= 11 is 3.20. The van der Waals surface area contributed by atoms with Crippen LogP contribution in [0.15, 0.2) is 126 Å². The molecule has 4 amide bonds. The van der Waals surface area contributed by atoms with Crippen molar-refractivity contribution < 1.29 is 28.7 Å². The van der Waals surface area contributed by atoms with Gasteiger partial charge in [0.1, 0.15) is 44.8 Å². The Kier molecular flexibility index (Phi) is 18.1. The lowest BCUT2D eigenvalue weighted by molar-refractivity contribution is -0.129. The second-order valence-corrected chi connectivity index (χ2v) is 16.2. The number of nitrogens with two attached hydrogens (primary N) is 1. The van der Waals surface area contributed by atoms with Crippen LogP contribution in [0.5, 0.6) is 23.0 Å². The van der Waals surface area contributed by atoms with E-state index in [0.29, 0.717) is 66.0 Å². The van der Waals surface area contributed by atoms with Crippen LogP contribution in [-0.2, 0) is 22.7 Å². The number of nitrogens with zero attached hydrogens (tertiary/aromatic N) is 8. The fourth-order valence-electron chi connectivity index (χ4n) is 6.63. The first-order chi connectivity index (χ1) is 31.3. The molecule has 0 saturated carbocycles. The average molecular weight is 960 g/mol. The standard InChI is InChI=1S/C24H25N5O3.C19H22N4O3.C5H4BrN.CH4/c1-28(2)24(31)20-10-9-19(15-26-20)32-21-11-8-18(27-22-6-3-4-12-25-22)14-17(21)16-29-13-5-7-23(29)30;1-22(2)19(25)16-7-6-15(11-21-16)26-17-8-5-14(20)10-13(17)12-23-9-3-4-18(23)24;6-5-3-1-2-4-7-5;/h3-4,6,8-12,14-15H,5,7,13,16H2,1-2H3,(H,25,27);5-8,10-11H,3-4,9,12,20H2,1-2H3;1-4H;1H4. The lowest BCUT2D eigenvalue weighted by atomic mass is 10.1. The van der Waals surface area contributed by atoms with E-state index in [1.807, 2.05) is 65.6 Å². The van der Waals surface area contributed by atoms with Crippen molar-refractivity contribution in [2.45, 2.75) is 46.2 Å². The molecule has 3 N–H and O–H groups in total. The van der Waals surface area contributed by atoms with Gasteiger partial charge < -0.3 is 40.1 Å². The van der Waals surface area contributed by atoms with Crippen molar-refractivity contribution in [1.29, 1.82) is 0 Å². The summed E-state index contributed by atoms with van der Waals surface area (Å²) in [5, 5.41) is 3.28. The zero-order chi connectivity index (χ0) is 46.3. The van der Waals surface area contributed by atoms with Gasteiger partial charge in [0.15, 0.2) is 0 Å². The van der Waals surface area contributed by atoms with E-state index in [-0.39, 0.29) is 31.1 Å². The third-order valence-electron chi connectivity index (χ3n) is 9.96. The highest BCUT2D eigenvalue weighted by Crippen LogP contribution is 2.32. The fraction of sp³-hybridized carbons (Fsp3) is 0.265. The topological polar surface area (TPSA) is 189 Å². The maximum Gasteiger partial charge on any atom is 0.271 e. The van der Waals surface area contributed by atoms with Crippen molar-refractivity contribution in [1.82, 2.24) is 39.5 Å². The predicted molar refractivity (Wildman–Crippen MR) is 257 cm³/mol. The minimum atomic E-state index is -0.172. The average Bonchev–Trinajstić information content (AvgIpc) is 3.91. The molecule has 2 saturated heterocycles. The van der Waals surface area contributed by atoms with Gasteiger partial charge >= 0.3 is 0 Å². The summed E-state index contributed by atoms with van der Waals surface area (Å²) in [7, 11) is 6.71. The van der Waals surface area contributed by atoms with E-state index >= 15 is 0 Å². The van der Waals surface area contributed by atoms with Crippen LogP contribution in [-0.4, -0.2) is 104 Å². The molecule has 17 heteroatoms. The molecule has 0 aliphatic carbocycles. The van der Waals surface area contributed by atoms with E-state index < -0.39 is 0 Å². The first kappa shape index (κ1) is 49.6. The summed E-state index contributed by atoms with van der Waals surface area (Å²) in [6, 6.07) is 29.1. The number of hydrogen-bond donors (Lipinski definition) is 2. The number of carbonyl (C=O) groups is 4. The molecule has 0 bridgehead atoms. The number of hydrogen-bond acceptors (Lipinski definition) is 12. The highest BCUT2D eigenvalue weighted by Gasteiger charge is 2.23. The molecule has 16 nitrogen and oxygen atoms in total. The third kappa shape index (κ3) is 14.3. The number of ether oxygens (including phenoxy) is 2. The molecule has 66 heavy (non-hydrogen) atoms. The Balaban J connectivity index is 0.000000216. The Morgan fingerprint density at radius 2 is 1.18 bits per heavy atom. The van der Waals surface area contributed by atoms with Gasteiger partial charge in [-0.1, -0.05) is 19.6 Å². The SMILES string of the molecule is Brc1ccccn1.C.CN(C)C(=O)c1ccc(Oc2ccc(N)cc2CN2CCCC2=O)cn1.CN(C)C(=O)c1ccc(Oc2ccc(Nc3ccccn3)cc2CN2CCCC2=O)cn1. The van der Waals surface area contributed by atoms with E-state index in [1.165, 1.54) is 22.2 Å². The van der Waals surface area contributed by atoms with Gasteiger partial charge in [-0.25, -0.2) is 19.9 Å². The minimum Gasteiger partial charge on any atom is -0.455 e. The Morgan fingerprint density at radius 3 is 1.59 bits per heavy atom. The van der Waals surface area contributed by atoms with Crippen molar-refractivity contribution in [2.24, 2.45) is 0 Å². The highest BCUT2D eigenvalue weighted by atomic mass is 79.9. The zero-order valence-corrected chi connectivity index (χ0v) is 38.3. The second kappa shape index (κ2) is 24.0. The first-order valence-electron chi connectivity index (χ1n) is 20.9. The van der Waals surface area contributed by atoms with Crippen LogP contribution in [0.1, 0.15) is 65.2 Å². The molecular weight excluding hydrogens is 905 g/mol. The summed E-state index contributed by atoms with van der Waals surface area (Å²) in [6.07, 6.45) is 9.41. The summed E-state index contributed by atoms with van der Waals surface area (Å²) in [5.41, 5.74) is 9.77. The largest absolute Gasteiger partial charge is 0.455 e. The van der Waals surface area contributed by atoms with Gasteiger partial charge in [0.2, 0.25) is 11.8 Å². The van der Waals surface area contributed by atoms with Gasteiger partial charge in [-0.2, -0.15) is 0 Å². The van der Waals surface area contributed by atoms with Crippen LogP contribution in [0.25, 0.3) is 0 Å². The van der Waals surface area contributed by atoms with Crippen molar-refractivity contribution in [3.8, 4) is 23.0 Å². The second-order valence-electron chi connectivity index (χ2n) is 15.4. The predicted octanol–water partition coefficient (Wildman–Crippen LogP) is 8.60. The maximum absolute atomic E-state index is 12.2. The van der Waals surface area contributed by atoms with E-state index in [0.717, 1.165) is 53.2 Å².